The van der Waals surface area contributed by atoms with Crippen LogP contribution >= 0.6 is 0 Å². The molecule has 1 amide bonds. The summed E-state index contributed by atoms with van der Waals surface area (Å²) in [5.74, 6) is 0.501. The summed E-state index contributed by atoms with van der Waals surface area (Å²) in [6.07, 6.45) is 8.84. The van der Waals surface area contributed by atoms with E-state index >= 15 is 0 Å². The van der Waals surface area contributed by atoms with Crippen LogP contribution in [0.3, 0.4) is 0 Å². The molecule has 1 aromatic heterocycles. The van der Waals surface area contributed by atoms with Crippen LogP contribution in [0.1, 0.15) is 73.6 Å². The van der Waals surface area contributed by atoms with Gasteiger partial charge in [0.15, 0.2) is 5.69 Å². The maximum Gasteiger partial charge on any atom is 0.359 e. The van der Waals surface area contributed by atoms with Crippen LogP contribution in [0.15, 0.2) is 0 Å². The van der Waals surface area contributed by atoms with Crippen LogP contribution in [-0.2, 0) is 22.5 Å². The lowest BCUT2D eigenvalue weighted by Gasteiger charge is -2.28. The Balaban J connectivity index is 1.58. The summed E-state index contributed by atoms with van der Waals surface area (Å²) in [4.78, 5) is 26.4. The predicted molar refractivity (Wildman–Crippen MR) is 89.5 cm³/mol. The second kappa shape index (κ2) is 7.81. The lowest BCUT2D eigenvalue weighted by Crippen LogP contribution is -2.36. The van der Waals surface area contributed by atoms with E-state index in [-0.39, 0.29) is 5.91 Å². The van der Waals surface area contributed by atoms with E-state index in [1.807, 2.05) is 4.90 Å². The van der Waals surface area contributed by atoms with Gasteiger partial charge in [0.2, 0.25) is 5.91 Å². The molecule has 1 aromatic rings. The van der Waals surface area contributed by atoms with Crippen LogP contribution in [0.4, 0.5) is 0 Å². The van der Waals surface area contributed by atoms with E-state index in [0.717, 1.165) is 24.1 Å². The van der Waals surface area contributed by atoms with Gasteiger partial charge in [-0.15, -0.1) is 0 Å². The molecular weight excluding hydrogens is 306 g/mol. The van der Waals surface area contributed by atoms with E-state index in [1.54, 1.807) is 6.92 Å². The highest BCUT2D eigenvalue weighted by Crippen LogP contribution is 2.28. The van der Waals surface area contributed by atoms with Crippen molar-refractivity contribution in [2.75, 3.05) is 13.2 Å². The Morgan fingerprint density at radius 3 is 2.83 bits per heavy atom. The van der Waals surface area contributed by atoms with Gasteiger partial charge in [0.25, 0.3) is 0 Å². The average molecular weight is 333 g/mol. The van der Waals surface area contributed by atoms with Crippen LogP contribution in [0.2, 0.25) is 0 Å². The number of hydrogen-bond acceptors (Lipinski definition) is 4. The minimum atomic E-state index is -0.411. The molecule has 0 atom stereocenters. The number of fused-ring (bicyclic) bond motifs is 1. The predicted octanol–water partition coefficient (Wildman–Crippen LogP) is 2.83. The Morgan fingerprint density at radius 2 is 2.08 bits per heavy atom. The molecule has 2 heterocycles. The third-order valence-corrected chi connectivity index (χ3v) is 5.25. The van der Waals surface area contributed by atoms with E-state index in [9.17, 15) is 9.59 Å². The molecule has 0 radical (unpaired) electrons. The number of ether oxygens (including phenoxy) is 1. The van der Waals surface area contributed by atoms with Crippen molar-refractivity contribution in [3.63, 3.8) is 0 Å². The Kier molecular flexibility index (Phi) is 5.53. The molecule has 0 unspecified atom stereocenters. The fraction of sp³-hybridized carbons (Fsp3) is 0.722. The minimum Gasteiger partial charge on any atom is -0.461 e. The lowest BCUT2D eigenvalue weighted by molar-refractivity contribution is -0.132. The molecule has 1 aliphatic heterocycles. The lowest BCUT2D eigenvalue weighted by atomic mass is 9.86. The number of esters is 1. The van der Waals surface area contributed by atoms with Crippen molar-refractivity contribution in [1.82, 2.24) is 15.1 Å². The largest absolute Gasteiger partial charge is 0.461 e. The molecule has 0 aromatic carbocycles. The van der Waals surface area contributed by atoms with Gasteiger partial charge in [-0.1, -0.05) is 32.1 Å². The van der Waals surface area contributed by atoms with E-state index in [2.05, 4.69) is 10.2 Å². The summed E-state index contributed by atoms with van der Waals surface area (Å²) >= 11 is 0. The molecule has 1 saturated carbocycles. The number of aromatic amines is 1. The molecule has 1 aliphatic carbocycles. The number of hydrogen-bond donors (Lipinski definition) is 1. The molecule has 3 rings (SSSR count). The summed E-state index contributed by atoms with van der Waals surface area (Å²) in [5.41, 5.74) is 2.11. The molecule has 1 N–H and O–H groups in total. The normalized spacial score (nSPS) is 18.3. The molecule has 2 aliphatic rings. The highest BCUT2D eigenvalue weighted by molar-refractivity contribution is 5.89. The van der Waals surface area contributed by atoms with Crippen LogP contribution in [-0.4, -0.2) is 40.1 Å². The van der Waals surface area contributed by atoms with Gasteiger partial charge in [-0.05, 0) is 19.3 Å². The van der Waals surface area contributed by atoms with Gasteiger partial charge in [-0.25, -0.2) is 4.79 Å². The standard InChI is InChI=1S/C18H27N3O3/c1-2-24-18(23)17-14-12-21(11-10-15(14)19-20-17)16(22)9-8-13-6-4-3-5-7-13/h13H,2-12H2,1H3,(H,19,20). The van der Waals surface area contributed by atoms with Crippen molar-refractivity contribution in [2.45, 2.75) is 64.8 Å². The van der Waals surface area contributed by atoms with Gasteiger partial charge < -0.3 is 9.64 Å². The molecule has 24 heavy (non-hydrogen) atoms. The van der Waals surface area contributed by atoms with Gasteiger partial charge in [0, 0.05) is 37.2 Å². The number of amides is 1. The van der Waals surface area contributed by atoms with Gasteiger partial charge in [-0.2, -0.15) is 5.10 Å². The average Bonchev–Trinajstić information content (AvgIpc) is 3.04. The second-order valence-electron chi connectivity index (χ2n) is 6.86. The first-order valence-electron chi connectivity index (χ1n) is 9.20. The summed E-state index contributed by atoms with van der Waals surface area (Å²) in [6, 6.07) is 0. The molecule has 0 spiro atoms. The summed E-state index contributed by atoms with van der Waals surface area (Å²) in [7, 11) is 0. The maximum absolute atomic E-state index is 12.6. The number of nitrogens with zero attached hydrogens (tertiary/aromatic N) is 2. The fourth-order valence-corrected chi connectivity index (χ4v) is 3.84. The van der Waals surface area contributed by atoms with Gasteiger partial charge in [-0.3, -0.25) is 9.89 Å². The second-order valence-corrected chi connectivity index (χ2v) is 6.86. The van der Waals surface area contributed by atoms with Gasteiger partial charge >= 0.3 is 5.97 Å². The first-order chi connectivity index (χ1) is 11.7. The van der Waals surface area contributed by atoms with E-state index < -0.39 is 5.97 Å². The summed E-state index contributed by atoms with van der Waals surface area (Å²) in [6.45, 7) is 3.26. The van der Waals surface area contributed by atoms with Crippen LogP contribution in [0.5, 0.6) is 0 Å². The molecule has 6 heteroatoms. The van der Waals surface area contributed by atoms with Gasteiger partial charge in [0.05, 0.1) is 6.61 Å². The Labute approximate surface area is 142 Å². The zero-order valence-electron chi connectivity index (χ0n) is 14.5. The third kappa shape index (κ3) is 3.79. The molecule has 0 saturated heterocycles. The van der Waals surface area contributed by atoms with Gasteiger partial charge in [0.1, 0.15) is 0 Å². The van der Waals surface area contributed by atoms with Crippen LogP contribution < -0.4 is 0 Å². The van der Waals surface area contributed by atoms with Crippen molar-refractivity contribution in [2.24, 2.45) is 5.92 Å². The zero-order chi connectivity index (χ0) is 16.9. The monoisotopic (exact) mass is 333 g/mol. The number of nitrogens with one attached hydrogen (secondary N) is 1. The first-order valence-corrected chi connectivity index (χ1v) is 9.20. The van der Waals surface area contributed by atoms with Crippen molar-refractivity contribution in [3.8, 4) is 0 Å². The number of H-pyrrole nitrogens is 1. The van der Waals surface area contributed by atoms with E-state index in [0.29, 0.717) is 37.7 Å². The van der Waals surface area contributed by atoms with Crippen LogP contribution in [0, 0.1) is 5.92 Å². The third-order valence-electron chi connectivity index (χ3n) is 5.25. The number of carbonyl (C=O) groups excluding carboxylic acids is 2. The Bertz CT molecular complexity index is 590. The molecule has 6 nitrogen and oxygen atoms in total. The van der Waals surface area contributed by atoms with Crippen molar-refractivity contribution in [3.05, 3.63) is 17.0 Å². The zero-order valence-corrected chi connectivity index (χ0v) is 14.5. The van der Waals surface area contributed by atoms with E-state index in [1.165, 1.54) is 32.1 Å². The van der Waals surface area contributed by atoms with E-state index in [4.69, 9.17) is 4.74 Å². The van der Waals surface area contributed by atoms with Crippen LogP contribution in [0.25, 0.3) is 0 Å². The minimum absolute atomic E-state index is 0.197. The Morgan fingerprint density at radius 1 is 1.29 bits per heavy atom. The highest BCUT2D eigenvalue weighted by Gasteiger charge is 2.28. The molecular formula is C18H27N3O3. The van der Waals surface area contributed by atoms with Crippen molar-refractivity contribution >= 4 is 11.9 Å². The number of aromatic nitrogens is 2. The maximum atomic E-state index is 12.6. The summed E-state index contributed by atoms with van der Waals surface area (Å²) < 4.78 is 5.05. The van der Waals surface area contributed by atoms with Crippen molar-refractivity contribution < 1.29 is 14.3 Å². The number of carbonyl (C=O) groups is 2. The number of rotatable bonds is 5. The van der Waals surface area contributed by atoms with Crippen molar-refractivity contribution in [1.29, 1.82) is 0 Å². The molecule has 0 bridgehead atoms. The Hall–Kier alpha value is -1.85. The topological polar surface area (TPSA) is 75.3 Å². The SMILES string of the molecule is CCOC(=O)c1n[nH]c2c1CN(C(=O)CCC1CCCCC1)CC2. The fourth-order valence-electron chi connectivity index (χ4n) is 3.84. The molecule has 132 valence electrons. The first kappa shape index (κ1) is 17.0. The smallest absolute Gasteiger partial charge is 0.359 e. The quantitative estimate of drug-likeness (QED) is 0.841. The highest BCUT2D eigenvalue weighted by atomic mass is 16.5. The molecule has 1 fully saturated rings. The summed E-state index contributed by atoms with van der Waals surface area (Å²) in [5, 5.41) is 7.01.